The average molecular weight is 532 g/mol. The maximum atomic E-state index is 13.5. The summed E-state index contributed by atoms with van der Waals surface area (Å²) in [5, 5.41) is 0. The van der Waals surface area contributed by atoms with Crippen molar-refractivity contribution >= 4 is 46.0 Å². The highest BCUT2D eigenvalue weighted by Gasteiger charge is 2.55. The van der Waals surface area contributed by atoms with Gasteiger partial charge >= 0.3 is 5.97 Å². The molecule has 0 fully saturated rings. The fourth-order valence-electron chi connectivity index (χ4n) is 4.18. The minimum atomic E-state index is -1.15. The molecule has 6 nitrogen and oxygen atoms in total. The van der Waals surface area contributed by atoms with Gasteiger partial charge in [0.1, 0.15) is 11.7 Å². The van der Waals surface area contributed by atoms with Crippen molar-refractivity contribution < 1.29 is 14.3 Å². The molecule has 2 aliphatic rings. The van der Waals surface area contributed by atoms with Gasteiger partial charge in [0.2, 0.25) is 5.72 Å². The van der Waals surface area contributed by atoms with E-state index in [1.165, 1.54) is 18.4 Å². The van der Waals surface area contributed by atoms with E-state index in [1.54, 1.807) is 11.5 Å². The first-order chi connectivity index (χ1) is 14.4. The molecule has 2 aromatic carbocycles. The van der Waals surface area contributed by atoms with Crippen LogP contribution in [0.15, 0.2) is 58.3 Å². The Morgan fingerprint density at radius 3 is 2.87 bits per heavy atom. The Labute approximate surface area is 189 Å². The van der Waals surface area contributed by atoms with Crippen molar-refractivity contribution in [2.45, 2.75) is 18.7 Å². The third kappa shape index (κ3) is 2.92. The van der Waals surface area contributed by atoms with Crippen LogP contribution in [-0.2, 0) is 9.53 Å². The molecule has 3 atom stereocenters. The highest BCUT2D eigenvalue weighted by molar-refractivity contribution is 14.1. The van der Waals surface area contributed by atoms with E-state index in [0.717, 1.165) is 14.7 Å². The zero-order chi connectivity index (χ0) is 21.0. The summed E-state index contributed by atoms with van der Waals surface area (Å²) >= 11 is 3.55. The molecule has 0 saturated heterocycles. The van der Waals surface area contributed by atoms with Crippen LogP contribution in [0.1, 0.15) is 24.1 Å². The molecule has 0 radical (unpaired) electrons. The number of halogens is 1. The van der Waals surface area contributed by atoms with Gasteiger partial charge in [-0.2, -0.15) is 0 Å². The van der Waals surface area contributed by atoms with Gasteiger partial charge in [-0.3, -0.25) is 14.2 Å². The maximum Gasteiger partial charge on any atom is 0.317 e. The van der Waals surface area contributed by atoms with Crippen molar-refractivity contribution in [1.82, 2.24) is 4.57 Å². The van der Waals surface area contributed by atoms with Crippen LogP contribution in [0, 0.1) is 9.49 Å². The van der Waals surface area contributed by atoms with E-state index in [0.29, 0.717) is 15.1 Å². The van der Waals surface area contributed by atoms with E-state index in [2.05, 4.69) is 22.6 Å². The summed E-state index contributed by atoms with van der Waals surface area (Å²) in [5.74, 6) is -0.587. The molecule has 0 spiro atoms. The first-order valence-electron chi connectivity index (χ1n) is 9.35. The van der Waals surface area contributed by atoms with Gasteiger partial charge in [-0.25, -0.2) is 4.99 Å². The Bertz CT molecular complexity index is 1360. The van der Waals surface area contributed by atoms with Gasteiger partial charge in [-0.1, -0.05) is 41.7 Å². The molecule has 152 valence electrons. The fourth-order valence-corrected chi connectivity index (χ4v) is 5.85. The lowest BCUT2D eigenvalue weighted by atomic mass is 9.81. The number of rotatable bonds is 2. The molecular weight excluding hydrogens is 515 g/mol. The number of esters is 1. The number of methoxy groups -OCH3 is 1. The van der Waals surface area contributed by atoms with E-state index in [-0.39, 0.29) is 5.56 Å². The summed E-state index contributed by atoms with van der Waals surface area (Å²) in [5.41, 5.74) is 0.397. The van der Waals surface area contributed by atoms with Crippen molar-refractivity contribution in [1.29, 1.82) is 0 Å². The zero-order valence-electron chi connectivity index (χ0n) is 16.2. The van der Waals surface area contributed by atoms with Gasteiger partial charge in [0, 0.05) is 9.13 Å². The quantitative estimate of drug-likeness (QED) is 0.376. The Morgan fingerprint density at radius 1 is 1.30 bits per heavy atom. The first kappa shape index (κ1) is 19.5. The number of para-hydroxylation sites is 1. The lowest BCUT2D eigenvalue weighted by Gasteiger charge is -2.44. The predicted octanol–water partition coefficient (Wildman–Crippen LogP) is 2.46. The molecule has 1 aromatic heterocycles. The number of benzene rings is 2. The molecule has 0 aliphatic carbocycles. The number of nitrogens with zero attached hydrogens (tertiary/aromatic N) is 2. The molecule has 0 unspecified atom stereocenters. The summed E-state index contributed by atoms with van der Waals surface area (Å²) < 4.78 is 14.5. The molecule has 0 amide bonds. The zero-order valence-corrected chi connectivity index (χ0v) is 19.1. The maximum absolute atomic E-state index is 13.5. The molecular formula is C22H17IN2O4S. The minimum absolute atomic E-state index is 0.171. The number of fused-ring (bicyclic) bond motifs is 6. The van der Waals surface area contributed by atoms with E-state index in [4.69, 9.17) is 14.5 Å². The van der Waals surface area contributed by atoms with Crippen molar-refractivity contribution in [2.75, 3.05) is 7.11 Å². The smallest absolute Gasteiger partial charge is 0.317 e. The van der Waals surface area contributed by atoms with E-state index < -0.39 is 23.7 Å². The first-order valence-corrected chi connectivity index (χ1v) is 11.2. The number of aromatic nitrogens is 1. The SMILES string of the molecule is COC(=O)[C@H]1[C@@H]2c3ccccc3O[C@]1(C)N=c1s/c(=C/c3cccc(I)c3)c(=O)n12. The summed E-state index contributed by atoms with van der Waals surface area (Å²) in [6.07, 6.45) is 1.86. The van der Waals surface area contributed by atoms with Crippen LogP contribution < -0.4 is 19.6 Å². The van der Waals surface area contributed by atoms with Crippen LogP contribution in [0.4, 0.5) is 0 Å². The lowest BCUT2D eigenvalue weighted by molar-refractivity contribution is -0.158. The molecule has 3 heterocycles. The molecule has 5 rings (SSSR count). The molecule has 8 heteroatoms. The van der Waals surface area contributed by atoms with Crippen molar-refractivity contribution in [3.63, 3.8) is 0 Å². The van der Waals surface area contributed by atoms with Crippen LogP contribution in [0.25, 0.3) is 6.08 Å². The van der Waals surface area contributed by atoms with Gasteiger partial charge < -0.3 is 9.47 Å². The Kier molecular flexibility index (Phi) is 4.59. The van der Waals surface area contributed by atoms with Gasteiger partial charge in [0.05, 0.1) is 17.7 Å². The second-order valence-electron chi connectivity index (χ2n) is 7.38. The molecule has 2 bridgehead atoms. The highest BCUT2D eigenvalue weighted by atomic mass is 127. The highest BCUT2D eigenvalue weighted by Crippen LogP contribution is 2.47. The normalized spacial score (nSPS) is 24.3. The van der Waals surface area contributed by atoms with E-state index in [1.807, 2.05) is 54.6 Å². The Balaban J connectivity index is 1.80. The summed E-state index contributed by atoms with van der Waals surface area (Å²) in [6, 6.07) is 14.8. The number of hydrogen-bond donors (Lipinski definition) is 0. The van der Waals surface area contributed by atoms with Gasteiger partial charge in [-0.15, -0.1) is 0 Å². The summed E-state index contributed by atoms with van der Waals surface area (Å²) in [7, 11) is 1.34. The number of carbonyl (C=O) groups excluding carboxylic acids is 1. The molecule has 0 saturated carbocycles. The summed E-state index contributed by atoms with van der Waals surface area (Å²) in [4.78, 5) is 31.5. The second kappa shape index (κ2) is 7.05. The average Bonchev–Trinajstić information content (AvgIpc) is 3.00. The van der Waals surface area contributed by atoms with Crippen molar-refractivity contribution in [3.8, 4) is 5.75 Å². The molecule has 3 aromatic rings. The standard InChI is InChI=1S/C22H17IN2O4S/c1-22-17(20(27)28-2)18(14-8-3-4-9-15(14)29-22)25-19(26)16(30-21(25)24-22)11-12-6-5-7-13(23)10-12/h3-11,17-18H,1-2H3/b16-11+/t17-,18+,22+/m1/s1. The largest absolute Gasteiger partial charge is 0.469 e. The Morgan fingerprint density at radius 2 is 2.10 bits per heavy atom. The third-order valence-corrected chi connectivity index (χ3v) is 7.14. The molecule has 0 N–H and O–H groups in total. The van der Waals surface area contributed by atoms with Gasteiger partial charge in [0.25, 0.3) is 5.56 Å². The molecule has 2 aliphatic heterocycles. The van der Waals surface area contributed by atoms with E-state index in [9.17, 15) is 9.59 Å². The topological polar surface area (TPSA) is 69.9 Å². The van der Waals surface area contributed by atoms with Crippen LogP contribution in [-0.4, -0.2) is 23.4 Å². The minimum Gasteiger partial charge on any atom is -0.469 e. The van der Waals surface area contributed by atoms with Gasteiger partial charge in [0.15, 0.2) is 4.80 Å². The van der Waals surface area contributed by atoms with Crippen molar-refractivity contribution in [3.05, 3.63) is 82.9 Å². The fraction of sp³-hybridized carbons (Fsp3) is 0.227. The predicted molar refractivity (Wildman–Crippen MR) is 121 cm³/mol. The number of ether oxygens (including phenoxy) is 2. The lowest BCUT2D eigenvalue weighted by Crippen LogP contribution is -2.58. The van der Waals surface area contributed by atoms with Crippen molar-refractivity contribution in [2.24, 2.45) is 10.9 Å². The van der Waals surface area contributed by atoms with Crippen LogP contribution in [0.5, 0.6) is 5.75 Å². The van der Waals surface area contributed by atoms with Crippen LogP contribution in [0.3, 0.4) is 0 Å². The number of carbonyl (C=O) groups is 1. The number of thiazole rings is 1. The summed E-state index contributed by atoms with van der Waals surface area (Å²) in [6.45, 7) is 1.77. The number of hydrogen-bond acceptors (Lipinski definition) is 6. The second-order valence-corrected chi connectivity index (χ2v) is 9.63. The van der Waals surface area contributed by atoms with Crippen LogP contribution >= 0.6 is 33.9 Å². The van der Waals surface area contributed by atoms with Crippen LogP contribution in [0.2, 0.25) is 0 Å². The van der Waals surface area contributed by atoms with E-state index >= 15 is 0 Å². The van der Waals surface area contributed by atoms with Gasteiger partial charge in [-0.05, 0) is 59.4 Å². The third-order valence-electron chi connectivity index (χ3n) is 5.48. The molecule has 30 heavy (non-hydrogen) atoms. The monoisotopic (exact) mass is 532 g/mol. The Hall–Kier alpha value is -2.46.